The van der Waals surface area contributed by atoms with E-state index in [2.05, 4.69) is 11.4 Å². The zero-order valence-corrected chi connectivity index (χ0v) is 14.3. The normalized spacial score (nSPS) is 21.3. The highest BCUT2D eigenvalue weighted by Gasteiger charge is 2.28. The second-order valence-electron chi connectivity index (χ2n) is 6.10. The number of para-hydroxylation sites is 1. The number of fused-ring (bicyclic) bond motifs is 1. The predicted molar refractivity (Wildman–Crippen MR) is 93.0 cm³/mol. The smallest absolute Gasteiger partial charge is 0.242 e. The van der Waals surface area contributed by atoms with E-state index < -0.39 is 0 Å². The molecule has 1 fully saturated rings. The van der Waals surface area contributed by atoms with Gasteiger partial charge in [0.1, 0.15) is 6.54 Å². The average Bonchev–Trinajstić information content (AvgIpc) is 2.68. The lowest BCUT2D eigenvalue weighted by molar-refractivity contribution is -0.133. The number of aryl methyl sites for hydroxylation is 1. The Morgan fingerprint density at radius 3 is 2.87 bits per heavy atom. The Bertz CT molecular complexity index is 579. The van der Waals surface area contributed by atoms with Crippen LogP contribution in [0, 0.1) is 0 Å². The fourth-order valence-electron chi connectivity index (χ4n) is 3.30. The first kappa shape index (κ1) is 17.8. The van der Waals surface area contributed by atoms with Gasteiger partial charge in [-0.3, -0.25) is 9.59 Å². The van der Waals surface area contributed by atoms with Gasteiger partial charge < -0.3 is 15.1 Å². The molecule has 2 aliphatic rings. The van der Waals surface area contributed by atoms with Crippen molar-refractivity contribution in [3.63, 3.8) is 0 Å². The van der Waals surface area contributed by atoms with Gasteiger partial charge in [0, 0.05) is 37.8 Å². The van der Waals surface area contributed by atoms with Crippen LogP contribution in [0.4, 0.5) is 5.69 Å². The van der Waals surface area contributed by atoms with Crippen LogP contribution in [-0.4, -0.2) is 48.9 Å². The fraction of sp³-hybridized carbons (Fsp3) is 0.529. The summed E-state index contributed by atoms with van der Waals surface area (Å²) in [6, 6.07) is 8.11. The standard InChI is InChI=1S/C17H23N3O2.ClH/c1-13-11-18-9-10-19(13)17(22)12-20-15-7-3-2-5-14(15)6-4-8-16(20)21;/h2-3,5,7,13,18H,4,6,8-12H2,1H3;1H/t13-;/m0./s1. The molecule has 23 heavy (non-hydrogen) atoms. The van der Waals surface area contributed by atoms with Crippen LogP contribution in [0.25, 0.3) is 0 Å². The maximum Gasteiger partial charge on any atom is 0.242 e. The molecule has 126 valence electrons. The lowest BCUT2D eigenvalue weighted by Gasteiger charge is -2.35. The quantitative estimate of drug-likeness (QED) is 0.891. The first-order valence-electron chi connectivity index (χ1n) is 8.05. The van der Waals surface area contributed by atoms with Crippen molar-refractivity contribution < 1.29 is 9.59 Å². The maximum atomic E-state index is 12.6. The number of nitrogens with zero attached hydrogens (tertiary/aromatic N) is 2. The number of amides is 2. The van der Waals surface area contributed by atoms with E-state index >= 15 is 0 Å². The molecule has 0 radical (unpaired) electrons. The summed E-state index contributed by atoms with van der Waals surface area (Å²) in [7, 11) is 0. The minimum Gasteiger partial charge on any atom is -0.336 e. The van der Waals surface area contributed by atoms with Crippen LogP contribution in [0.15, 0.2) is 24.3 Å². The van der Waals surface area contributed by atoms with Crippen LogP contribution in [0.2, 0.25) is 0 Å². The molecule has 1 atom stereocenters. The number of nitrogens with one attached hydrogen (secondary N) is 1. The van der Waals surface area contributed by atoms with Gasteiger partial charge in [-0.15, -0.1) is 12.4 Å². The highest BCUT2D eigenvalue weighted by Crippen LogP contribution is 2.26. The Labute approximate surface area is 143 Å². The third-order valence-corrected chi connectivity index (χ3v) is 4.54. The molecular weight excluding hydrogens is 314 g/mol. The van der Waals surface area contributed by atoms with Gasteiger partial charge >= 0.3 is 0 Å². The summed E-state index contributed by atoms with van der Waals surface area (Å²) >= 11 is 0. The molecule has 0 saturated carbocycles. The molecule has 0 aliphatic carbocycles. The second kappa shape index (κ2) is 7.79. The molecule has 1 N–H and O–H groups in total. The van der Waals surface area contributed by atoms with Crippen molar-refractivity contribution in [2.75, 3.05) is 31.1 Å². The van der Waals surface area contributed by atoms with Gasteiger partial charge in [-0.25, -0.2) is 0 Å². The number of hydrogen-bond donors (Lipinski definition) is 1. The van der Waals surface area contributed by atoms with E-state index in [9.17, 15) is 9.59 Å². The Hall–Kier alpha value is -1.59. The zero-order chi connectivity index (χ0) is 15.5. The Morgan fingerprint density at radius 1 is 1.30 bits per heavy atom. The van der Waals surface area contributed by atoms with Crippen LogP contribution in [0.3, 0.4) is 0 Å². The SMILES string of the molecule is C[C@H]1CNCCN1C(=O)CN1C(=O)CCCc2ccccc21.Cl. The molecule has 0 spiro atoms. The number of piperazine rings is 1. The molecule has 1 aromatic carbocycles. The van der Waals surface area contributed by atoms with Crippen molar-refractivity contribution in [2.24, 2.45) is 0 Å². The van der Waals surface area contributed by atoms with Crippen molar-refractivity contribution in [3.05, 3.63) is 29.8 Å². The van der Waals surface area contributed by atoms with E-state index in [1.807, 2.05) is 30.0 Å². The predicted octanol–water partition coefficient (Wildman–Crippen LogP) is 1.60. The van der Waals surface area contributed by atoms with Crippen LogP contribution >= 0.6 is 12.4 Å². The van der Waals surface area contributed by atoms with E-state index in [1.165, 1.54) is 0 Å². The molecule has 2 aliphatic heterocycles. The topological polar surface area (TPSA) is 52.7 Å². The summed E-state index contributed by atoms with van der Waals surface area (Å²) < 4.78 is 0. The van der Waals surface area contributed by atoms with Crippen molar-refractivity contribution in [2.45, 2.75) is 32.2 Å². The van der Waals surface area contributed by atoms with Crippen LogP contribution in [0.5, 0.6) is 0 Å². The maximum absolute atomic E-state index is 12.6. The summed E-state index contributed by atoms with van der Waals surface area (Å²) in [6.07, 6.45) is 2.26. The first-order chi connectivity index (χ1) is 10.7. The molecule has 1 saturated heterocycles. The Balaban J connectivity index is 0.00000192. The summed E-state index contributed by atoms with van der Waals surface area (Å²) in [5.74, 6) is 0.0974. The van der Waals surface area contributed by atoms with Gasteiger partial charge in [0.05, 0.1) is 0 Å². The van der Waals surface area contributed by atoms with Gasteiger partial charge in [-0.2, -0.15) is 0 Å². The number of carbonyl (C=O) groups excluding carboxylic acids is 2. The number of halogens is 1. The van der Waals surface area contributed by atoms with Crippen molar-refractivity contribution in [3.8, 4) is 0 Å². The minimum absolute atomic E-state index is 0. The van der Waals surface area contributed by atoms with Gasteiger partial charge in [-0.1, -0.05) is 18.2 Å². The van der Waals surface area contributed by atoms with E-state index in [0.29, 0.717) is 13.0 Å². The summed E-state index contributed by atoms with van der Waals surface area (Å²) in [4.78, 5) is 28.6. The monoisotopic (exact) mass is 337 g/mol. The highest BCUT2D eigenvalue weighted by atomic mass is 35.5. The molecule has 3 rings (SSSR count). The van der Waals surface area contributed by atoms with Gasteiger partial charge in [0.25, 0.3) is 0 Å². The summed E-state index contributed by atoms with van der Waals surface area (Å²) in [5, 5.41) is 3.28. The number of rotatable bonds is 2. The van der Waals surface area contributed by atoms with E-state index in [1.54, 1.807) is 4.90 Å². The molecule has 0 aromatic heterocycles. The number of carbonyl (C=O) groups is 2. The third-order valence-electron chi connectivity index (χ3n) is 4.54. The molecule has 1 aromatic rings. The fourth-order valence-corrected chi connectivity index (χ4v) is 3.30. The second-order valence-corrected chi connectivity index (χ2v) is 6.10. The highest BCUT2D eigenvalue weighted by molar-refractivity contribution is 5.99. The van der Waals surface area contributed by atoms with Crippen molar-refractivity contribution >= 4 is 29.9 Å². The largest absolute Gasteiger partial charge is 0.336 e. The lowest BCUT2D eigenvalue weighted by atomic mass is 10.1. The minimum atomic E-state index is 0. The van der Waals surface area contributed by atoms with Crippen LogP contribution in [-0.2, 0) is 16.0 Å². The van der Waals surface area contributed by atoms with Crippen molar-refractivity contribution in [1.82, 2.24) is 10.2 Å². The number of benzene rings is 1. The molecule has 2 heterocycles. The number of hydrogen-bond acceptors (Lipinski definition) is 3. The van der Waals surface area contributed by atoms with Crippen LogP contribution in [0.1, 0.15) is 25.3 Å². The molecular formula is C17H24ClN3O2. The Morgan fingerprint density at radius 2 is 2.09 bits per heavy atom. The number of anilines is 1. The van der Waals surface area contributed by atoms with E-state index in [-0.39, 0.29) is 36.8 Å². The molecule has 5 nitrogen and oxygen atoms in total. The third kappa shape index (κ3) is 3.85. The van der Waals surface area contributed by atoms with E-state index in [0.717, 1.165) is 37.2 Å². The lowest BCUT2D eigenvalue weighted by Crippen LogP contribution is -2.55. The van der Waals surface area contributed by atoms with Crippen LogP contribution < -0.4 is 10.2 Å². The Kier molecular flexibility index (Phi) is 6.02. The van der Waals surface area contributed by atoms with E-state index in [4.69, 9.17) is 0 Å². The summed E-state index contributed by atoms with van der Waals surface area (Å²) in [5.41, 5.74) is 2.07. The van der Waals surface area contributed by atoms with Gasteiger partial charge in [0.15, 0.2) is 0 Å². The molecule has 2 amide bonds. The first-order valence-corrected chi connectivity index (χ1v) is 8.05. The van der Waals surface area contributed by atoms with Gasteiger partial charge in [0.2, 0.25) is 11.8 Å². The zero-order valence-electron chi connectivity index (χ0n) is 13.5. The van der Waals surface area contributed by atoms with Gasteiger partial charge in [-0.05, 0) is 31.4 Å². The summed E-state index contributed by atoms with van der Waals surface area (Å²) in [6.45, 7) is 4.54. The molecule has 0 unspecified atom stereocenters. The molecule has 6 heteroatoms. The molecule has 0 bridgehead atoms. The van der Waals surface area contributed by atoms with Crippen molar-refractivity contribution in [1.29, 1.82) is 0 Å². The average molecular weight is 338 g/mol.